The molecule has 0 aliphatic carbocycles. The number of ether oxygens (including phenoxy) is 1. The van der Waals surface area contributed by atoms with Gasteiger partial charge in [0.1, 0.15) is 11.9 Å². The predicted octanol–water partition coefficient (Wildman–Crippen LogP) is 2.90. The highest BCUT2D eigenvalue weighted by Crippen LogP contribution is 2.34. The molecule has 0 bridgehead atoms. The highest BCUT2D eigenvalue weighted by atomic mass is 32.2. The van der Waals surface area contributed by atoms with Gasteiger partial charge in [0.2, 0.25) is 0 Å². The second-order valence-electron chi connectivity index (χ2n) is 6.68. The van der Waals surface area contributed by atoms with Gasteiger partial charge in [-0.2, -0.15) is 11.8 Å². The Hall–Kier alpha value is -1.96. The van der Waals surface area contributed by atoms with Crippen LogP contribution in [-0.2, 0) is 4.74 Å². The van der Waals surface area contributed by atoms with Gasteiger partial charge in [0.05, 0.1) is 6.04 Å². The highest BCUT2D eigenvalue weighted by molar-refractivity contribution is 7.99. The van der Waals surface area contributed by atoms with E-state index in [0.29, 0.717) is 32.5 Å². The van der Waals surface area contributed by atoms with Gasteiger partial charge in [0, 0.05) is 44.0 Å². The third-order valence-corrected chi connectivity index (χ3v) is 5.91. The standard InChI is InChI=1S/C18H24FN3O3S/c1-12-10-13(19)2-3-15(12)16-11-14(4-5-22(16)17(20)23)25-18(24)21-6-8-26-9-7-21/h2-3,10,14,16H,4-9,11H2,1H3,(H2,20,23). The molecule has 8 heteroatoms. The van der Waals surface area contributed by atoms with Crippen molar-refractivity contribution in [3.05, 3.63) is 35.1 Å². The molecule has 3 amide bonds. The summed E-state index contributed by atoms with van der Waals surface area (Å²) in [6.45, 7) is 3.61. The van der Waals surface area contributed by atoms with Gasteiger partial charge in [0.25, 0.3) is 0 Å². The van der Waals surface area contributed by atoms with Crippen molar-refractivity contribution in [2.24, 2.45) is 5.73 Å². The predicted molar refractivity (Wildman–Crippen MR) is 98.6 cm³/mol. The number of halogens is 1. The maximum absolute atomic E-state index is 13.4. The van der Waals surface area contributed by atoms with Gasteiger partial charge in [-0.3, -0.25) is 0 Å². The number of benzene rings is 1. The largest absolute Gasteiger partial charge is 0.446 e. The molecular formula is C18H24FN3O3S. The number of amides is 3. The second-order valence-corrected chi connectivity index (χ2v) is 7.90. The lowest BCUT2D eigenvalue weighted by molar-refractivity contribution is 0.0194. The summed E-state index contributed by atoms with van der Waals surface area (Å²) in [6.07, 6.45) is 0.428. The van der Waals surface area contributed by atoms with Crippen LogP contribution in [0.3, 0.4) is 0 Å². The summed E-state index contributed by atoms with van der Waals surface area (Å²) in [5.41, 5.74) is 7.12. The van der Waals surface area contributed by atoms with Crippen LogP contribution < -0.4 is 5.73 Å². The van der Waals surface area contributed by atoms with Crippen molar-refractivity contribution in [2.45, 2.75) is 31.9 Å². The Labute approximate surface area is 156 Å². The minimum Gasteiger partial charge on any atom is -0.446 e. The first-order chi connectivity index (χ1) is 12.5. The quantitative estimate of drug-likeness (QED) is 0.855. The number of rotatable bonds is 2. The molecule has 2 unspecified atom stereocenters. The lowest BCUT2D eigenvalue weighted by Crippen LogP contribution is -2.47. The lowest BCUT2D eigenvalue weighted by atomic mass is 9.91. The number of hydrogen-bond acceptors (Lipinski definition) is 4. The van der Waals surface area contributed by atoms with E-state index >= 15 is 0 Å². The zero-order valence-corrected chi connectivity index (χ0v) is 15.6. The van der Waals surface area contributed by atoms with Crippen LogP contribution in [0.5, 0.6) is 0 Å². The van der Waals surface area contributed by atoms with Crippen molar-refractivity contribution < 1.29 is 18.7 Å². The monoisotopic (exact) mass is 381 g/mol. The zero-order valence-electron chi connectivity index (χ0n) is 14.8. The molecule has 6 nitrogen and oxygen atoms in total. The van der Waals surface area contributed by atoms with E-state index in [4.69, 9.17) is 10.5 Å². The molecule has 3 rings (SSSR count). The minimum atomic E-state index is -0.517. The first-order valence-corrected chi connectivity index (χ1v) is 9.96. The van der Waals surface area contributed by atoms with Crippen LogP contribution >= 0.6 is 11.8 Å². The van der Waals surface area contributed by atoms with Crippen LogP contribution in [0.2, 0.25) is 0 Å². The Morgan fingerprint density at radius 1 is 1.27 bits per heavy atom. The van der Waals surface area contributed by atoms with E-state index in [0.717, 1.165) is 22.6 Å². The zero-order chi connectivity index (χ0) is 18.7. The topological polar surface area (TPSA) is 75.9 Å². The van der Waals surface area contributed by atoms with E-state index in [9.17, 15) is 14.0 Å². The summed E-state index contributed by atoms with van der Waals surface area (Å²) in [4.78, 5) is 27.5. The number of primary amides is 1. The molecule has 26 heavy (non-hydrogen) atoms. The van der Waals surface area contributed by atoms with Crippen LogP contribution in [0.15, 0.2) is 18.2 Å². The van der Waals surface area contributed by atoms with E-state index < -0.39 is 6.03 Å². The number of nitrogens with two attached hydrogens (primary N) is 1. The highest BCUT2D eigenvalue weighted by Gasteiger charge is 2.35. The molecule has 0 spiro atoms. The first-order valence-electron chi connectivity index (χ1n) is 8.81. The minimum absolute atomic E-state index is 0.290. The second kappa shape index (κ2) is 8.16. The number of likely N-dealkylation sites (tertiary alicyclic amines) is 1. The van der Waals surface area contributed by atoms with Crippen molar-refractivity contribution >= 4 is 23.9 Å². The Morgan fingerprint density at radius 2 is 2.00 bits per heavy atom. The smallest absolute Gasteiger partial charge is 0.410 e. The molecular weight excluding hydrogens is 357 g/mol. The van der Waals surface area contributed by atoms with E-state index in [-0.39, 0.29) is 24.1 Å². The fourth-order valence-corrected chi connectivity index (χ4v) is 4.48. The van der Waals surface area contributed by atoms with Gasteiger partial charge in [-0.25, -0.2) is 14.0 Å². The molecule has 1 aromatic carbocycles. The molecule has 0 aromatic heterocycles. The molecule has 0 radical (unpaired) electrons. The van der Waals surface area contributed by atoms with E-state index in [1.807, 2.05) is 11.8 Å². The van der Waals surface area contributed by atoms with Crippen molar-refractivity contribution in [1.29, 1.82) is 0 Å². The van der Waals surface area contributed by atoms with Crippen molar-refractivity contribution in [2.75, 3.05) is 31.1 Å². The Morgan fingerprint density at radius 3 is 2.65 bits per heavy atom. The summed E-state index contributed by atoms with van der Waals surface area (Å²) in [6, 6.07) is 3.66. The fraction of sp³-hybridized carbons (Fsp3) is 0.556. The summed E-state index contributed by atoms with van der Waals surface area (Å²) in [5, 5.41) is 0. The van der Waals surface area contributed by atoms with E-state index in [1.54, 1.807) is 22.8 Å². The average molecular weight is 381 g/mol. The number of urea groups is 1. The normalized spacial score (nSPS) is 23.6. The summed E-state index contributed by atoms with van der Waals surface area (Å²) in [7, 11) is 0. The Balaban J connectivity index is 1.73. The molecule has 142 valence electrons. The lowest BCUT2D eigenvalue weighted by Gasteiger charge is -2.39. The summed E-state index contributed by atoms with van der Waals surface area (Å²) >= 11 is 1.83. The molecule has 1 aromatic rings. The molecule has 2 saturated heterocycles. The number of piperidine rings is 1. The van der Waals surface area contributed by atoms with Crippen molar-refractivity contribution in [3.8, 4) is 0 Å². The SMILES string of the molecule is Cc1cc(F)ccc1C1CC(OC(=O)N2CCSCC2)CCN1C(N)=O. The van der Waals surface area contributed by atoms with Crippen LogP contribution in [0, 0.1) is 12.7 Å². The molecule has 2 atom stereocenters. The maximum atomic E-state index is 13.4. The number of nitrogens with zero attached hydrogens (tertiary/aromatic N) is 2. The van der Waals surface area contributed by atoms with E-state index in [2.05, 4.69) is 0 Å². The van der Waals surface area contributed by atoms with Crippen molar-refractivity contribution in [1.82, 2.24) is 9.80 Å². The van der Waals surface area contributed by atoms with Crippen LogP contribution in [0.4, 0.5) is 14.0 Å². The fourth-order valence-electron chi connectivity index (χ4n) is 3.57. The van der Waals surface area contributed by atoms with Crippen LogP contribution in [0.25, 0.3) is 0 Å². The van der Waals surface area contributed by atoms with Gasteiger partial charge >= 0.3 is 12.1 Å². The number of carbonyl (C=O) groups is 2. The molecule has 0 saturated carbocycles. The summed E-state index contributed by atoms with van der Waals surface area (Å²) in [5.74, 6) is 1.53. The number of aryl methyl sites for hydroxylation is 1. The number of hydrogen-bond donors (Lipinski definition) is 1. The van der Waals surface area contributed by atoms with Crippen molar-refractivity contribution in [3.63, 3.8) is 0 Å². The molecule has 2 heterocycles. The third-order valence-electron chi connectivity index (χ3n) is 4.97. The Kier molecular flexibility index (Phi) is 5.90. The van der Waals surface area contributed by atoms with Gasteiger partial charge < -0.3 is 20.3 Å². The van der Waals surface area contributed by atoms with Crippen LogP contribution in [-0.4, -0.2) is 59.2 Å². The maximum Gasteiger partial charge on any atom is 0.410 e. The third kappa shape index (κ3) is 4.23. The molecule has 2 fully saturated rings. The first kappa shape index (κ1) is 18.8. The number of carbonyl (C=O) groups excluding carboxylic acids is 2. The molecule has 2 N–H and O–H groups in total. The van der Waals surface area contributed by atoms with Gasteiger partial charge in [-0.1, -0.05) is 6.07 Å². The van der Waals surface area contributed by atoms with Gasteiger partial charge in [-0.15, -0.1) is 0 Å². The van der Waals surface area contributed by atoms with E-state index in [1.165, 1.54) is 12.1 Å². The van der Waals surface area contributed by atoms with Gasteiger partial charge in [-0.05, 0) is 30.2 Å². The average Bonchev–Trinajstić information content (AvgIpc) is 2.62. The van der Waals surface area contributed by atoms with Gasteiger partial charge in [0.15, 0.2) is 0 Å². The Bertz CT molecular complexity index is 682. The van der Waals surface area contributed by atoms with Crippen LogP contribution in [0.1, 0.15) is 30.0 Å². The summed E-state index contributed by atoms with van der Waals surface area (Å²) < 4.78 is 19.1. The number of thioether (sulfide) groups is 1. The molecule has 2 aliphatic rings. The molecule has 2 aliphatic heterocycles.